The summed E-state index contributed by atoms with van der Waals surface area (Å²) >= 11 is 0. The summed E-state index contributed by atoms with van der Waals surface area (Å²) in [6.45, 7) is 5.93. The number of hydrogen-bond donors (Lipinski definition) is 1. The third kappa shape index (κ3) is 8.05. The largest absolute Gasteiger partial charge is 0.494 e. The fraction of sp³-hybridized carbons (Fsp3) is 0.333. The van der Waals surface area contributed by atoms with Crippen LogP contribution in [0.1, 0.15) is 32.8 Å². The monoisotopic (exact) mass is 569 g/mol. The number of nitrogens with one attached hydrogen (secondary N) is 1. The van der Waals surface area contributed by atoms with Gasteiger partial charge in [0.05, 0.1) is 17.2 Å². The Morgan fingerprint density at radius 1 is 0.950 bits per heavy atom. The Labute approximate surface area is 235 Å². The molecule has 0 aliphatic carbocycles. The molecule has 0 radical (unpaired) electrons. The van der Waals surface area contributed by atoms with Gasteiger partial charge < -0.3 is 15.0 Å². The Balaban J connectivity index is 1.97. The maximum Gasteiger partial charge on any atom is 0.264 e. The molecule has 0 aliphatic rings. The van der Waals surface area contributed by atoms with Gasteiger partial charge in [-0.25, -0.2) is 12.8 Å². The number of carbonyl (C=O) groups is 2. The van der Waals surface area contributed by atoms with E-state index >= 15 is 0 Å². The Hall–Kier alpha value is -3.92. The van der Waals surface area contributed by atoms with Gasteiger partial charge in [-0.05, 0) is 80.8 Å². The average molecular weight is 570 g/mol. The van der Waals surface area contributed by atoms with Crippen LogP contribution in [0, 0.1) is 5.82 Å². The van der Waals surface area contributed by atoms with Crippen molar-refractivity contribution in [3.63, 3.8) is 0 Å². The van der Waals surface area contributed by atoms with Crippen LogP contribution in [0.5, 0.6) is 5.75 Å². The second kappa shape index (κ2) is 14.5. The highest BCUT2D eigenvalue weighted by Crippen LogP contribution is 2.26. The minimum absolute atomic E-state index is 0.167. The molecule has 0 saturated heterocycles. The highest BCUT2D eigenvalue weighted by atomic mass is 32.2. The minimum Gasteiger partial charge on any atom is -0.494 e. The maximum absolute atomic E-state index is 13.8. The first kappa shape index (κ1) is 30.6. The lowest BCUT2D eigenvalue weighted by molar-refractivity contribution is -0.138. The highest BCUT2D eigenvalue weighted by Gasteiger charge is 2.32. The Kier molecular flexibility index (Phi) is 11.1. The summed E-state index contributed by atoms with van der Waals surface area (Å²) in [6.07, 6.45) is 1.21. The Bertz CT molecular complexity index is 1350. The molecule has 40 heavy (non-hydrogen) atoms. The van der Waals surface area contributed by atoms with Crippen molar-refractivity contribution in [2.45, 2.75) is 44.6 Å². The summed E-state index contributed by atoms with van der Waals surface area (Å²) in [4.78, 5) is 27.9. The lowest BCUT2D eigenvalue weighted by atomic mass is 10.1. The summed E-state index contributed by atoms with van der Waals surface area (Å²) < 4.78 is 47.6. The molecule has 2 amide bonds. The van der Waals surface area contributed by atoms with Crippen LogP contribution >= 0.6 is 0 Å². The summed E-state index contributed by atoms with van der Waals surface area (Å²) in [5.41, 5.74) is 1.20. The third-order valence-electron chi connectivity index (χ3n) is 6.32. The predicted molar refractivity (Wildman–Crippen MR) is 153 cm³/mol. The van der Waals surface area contributed by atoms with Crippen LogP contribution in [0.15, 0.2) is 83.8 Å². The van der Waals surface area contributed by atoms with Gasteiger partial charge in [0.15, 0.2) is 0 Å². The van der Waals surface area contributed by atoms with Gasteiger partial charge in [0.2, 0.25) is 11.8 Å². The molecule has 0 aliphatic heterocycles. The molecule has 0 saturated carbocycles. The lowest BCUT2D eigenvalue weighted by Crippen LogP contribution is -2.52. The zero-order valence-corrected chi connectivity index (χ0v) is 23.9. The first-order valence-corrected chi connectivity index (χ1v) is 14.7. The van der Waals surface area contributed by atoms with E-state index in [2.05, 4.69) is 5.32 Å². The van der Waals surface area contributed by atoms with Gasteiger partial charge in [-0.2, -0.15) is 0 Å². The van der Waals surface area contributed by atoms with Gasteiger partial charge in [-0.1, -0.05) is 37.3 Å². The lowest BCUT2D eigenvalue weighted by Gasteiger charge is -2.32. The fourth-order valence-electron chi connectivity index (χ4n) is 4.10. The second-order valence-electron chi connectivity index (χ2n) is 9.18. The smallest absolute Gasteiger partial charge is 0.264 e. The van der Waals surface area contributed by atoms with E-state index in [4.69, 9.17) is 4.74 Å². The molecule has 0 aromatic heterocycles. The highest BCUT2D eigenvalue weighted by molar-refractivity contribution is 7.92. The number of amides is 2. The van der Waals surface area contributed by atoms with E-state index in [0.717, 1.165) is 40.6 Å². The number of nitrogens with zero attached hydrogens (tertiary/aromatic N) is 2. The molecule has 3 rings (SSSR count). The van der Waals surface area contributed by atoms with Crippen molar-refractivity contribution in [2.24, 2.45) is 0 Å². The van der Waals surface area contributed by atoms with E-state index in [1.807, 2.05) is 44.2 Å². The molecular weight excluding hydrogens is 533 g/mol. The molecule has 0 spiro atoms. The topological polar surface area (TPSA) is 96.0 Å². The van der Waals surface area contributed by atoms with Crippen molar-refractivity contribution < 1.29 is 27.1 Å². The van der Waals surface area contributed by atoms with Crippen LogP contribution in [0.25, 0.3) is 0 Å². The Morgan fingerprint density at radius 3 is 2.20 bits per heavy atom. The summed E-state index contributed by atoms with van der Waals surface area (Å²) in [7, 11) is -4.27. The first-order valence-electron chi connectivity index (χ1n) is 13.3. The number of carbonyl (C=O) groups excluding carboxylic acids is 2. The molecule has 10 heteroatoms. The van der Waals surface area contributed by atoms with Gasteiger partial charge in [-0.3, -0.25) is 13.9 Å². The number of sulfonamides is 1. The third-order valence-corrected chi connectivity index (χ3v) is 8.11. The van der Waals surface area contributed by atoms with Crippen molar-refractivity contribution in [2.75, 3.05) is 30.5 Å². The molecule has 3 aromatic rings. The molecule has 0 heterocycles. The van der Waals surface area contributed by atoms with Crippen LogP contribution in [-0.2, 0) is 26.0 Å². The van der Waals surface area contributed by atoms with Gasteiger partial charge >= 0.3 is 0 Å². The number of ether oxygens (including phenoxy) is 1. The van der Waals surface area contributed by atoms with Crippen LogP contribution in [-0.4, -0.2) is 57.4 Å². The normalized spacial score (nSPS) is 11.9. The van der Waals surface area contributed by atoms with Gasteiger partial charge in [-0.15, -0.1) is 0 Å². The SMILES string of the molecule is CCCNC(=O)[C@@H](C)N(CCc1ccccc1)C(=O)CN(c1ccc(OCC)cc1)S(=O)(=O)c1ccc(F)cc1. The molecule has 8 nitrogen and oxygen atoms in total. The van der Waals surface area contributed by atoms with Crippen LogP contribution in [0.4, 0.5) is 10.1 Å². The van der Waals surface area contributed by atoms with E-state index in [9.17, 15) is 22.4 Å². The molecule has 1 atom stereocenters. The van der Waals surface area contributed by atoms with Crippen LogP contribution in [0.3, 0.4) is 0 Å². The van der Waals surface area contributed by atoms with Crippen molar-refractivity contribution in [1.29, 1.82) is 0 Å². The quantitative estimate of drug-likeness (QED) is 0.310. The number of rotatable bonds is 14. The van der Waals surface area contributed by atoms with Crippen molar-refractivity contribution >= 4 is 27.5 Å². The van der Waals surface area contributed by atoms with Crippen LogP contribution in [0.2, 0.25) is 0 Å². The average Bonchev–Trinajstić information content (AvgIpc) is 2.96. The molecule has 0 unspecified atom stereocenters. The molecular formula is C30H36FN3O5S. The van der Waals surface area contributed by atoms with Gasteiger partial charge in [0.1, 0.15) is 24.2 Å². The number of benzene rings is 3. The van der Waals surface area contributed by atoms with Gasteiger partial charge in [0.25, 0.3) is 10.0 Å². The van der Waals surface area contributed by atoms with Crippen molar-refractivity contribution in [3.8, 4) is 5.75 Å². The number of anilines is 1. The predicted octanol–water partition coefficient (Wildman–Crippen LogP) is 4.41. The van der Waals surface area contributed by atoms with E-state index in [-0.39, 0.29) is 23.0 Å². The Morgan fingerprint density at radius 2 is 1.60 bits per heavy atom. The van der Waals surface area contributed by atoms with Crippen molar-refractivity contribution in [3.05, 3.63) is 90.2 Å². The molecule has 3 aromatic carbocycles. The number of halogens is 1. The first-order chi connectivity index (χ1) is 19.2. The maximum atomic E-state index is 13.8. The fourth-order valence-corrected chi connectivity index (χ4v) is 5.52. The minimum atomic E-state index is -4.27. The van der Waals surface area contributed by atoms with Crippen molar-refractivity contribution in [1.82, 2.24) is 10.2 Å². The molecule has 214 valence electrons. The summed E-state index contributed by atoms with van der Waals surface area (Å²) in [6, 6.07) is 19.4. The zero-order chi connectivity index (χ0) is 29.1. The van der Waals surface area contributed by atoms with E-state index in [1.165, 1.54) is 4.90 Å². The molecule has 0 fully saturated rings. The standard InChI is InChI=1S/C30H36FN3O5S/c1-4-20-32-30(36)23(3)33(21-19-24-9-7-6-8-10-24)29(35)22-34(26-13-15-27(16-14-26)39-5-2)40(37,38)28-17-11-25(31)12-18-28/h6-18,23H,4-5,19-22H2,1-3H3,(H,32,36)/t23-/m1/s1. The van der Waals surface area contributed by atoms with E-state index < -0.39 is 34.3 Å². The summed E-state index contributed by atoms with van der Waals surface area (Å²) in [5.74, 6) is -0.906. The number of hydrogen-bond acceptors (Lipinski definition) is 5. The molecule has 0 bridgehead atoms. The van der Waals surface area contributed by atoms with Crippen LogP contribution < -0.4 is 14.4 Å². The zero-order valence-electron chi connectivity index (χ0n) is 23.0. The summed E-state index contributed by atoms with van der Waals surface area (Å²) in [5, 5.41) is 2.82. The van der Waals surface area contributed by atoms with Gasteiger partial charge in [0, 0.05) is 13.1 Å². The molecule has 1 N–H and O–H groups in total. The van der Waals surface area contributed by atoms with E-state index in [1.54, 1.807) is 31.2 Å². The second-order valence-corrected chi connectivity index (χ2v) is 11.0. The van der Waals surface area contributed by atoms with E-state index in [0.29, 0.717) is 25.3 Å².